The molecule has 0 saturated heterocycles. The van der Waals surface area contributed by atoms with E-state index in [2.05, 4.69) is 9.97 Å². The Kier molecular flexibility index (Phi) is 5.68. The fourth-order valence-corrected chi connectivity index (χ4v) is 1.93. The predicted octanol–water partition coefficient (Wildman–Crippen LogP) is 2.59. The van der Waals surface area contributed by atoms with Crippen LogP contribution in [0.25, 0.3) is 17.5 Å². The quantitative estimate of drug-likeness (QED) is 0.383. The van der Waals surface area contributed by atoms with E-state index in [1.54, 1.807) is 20.0 Å². The van der Waals surface area contributed by atoms with Crippen LogP contribution in [0.3, 0.4) is 0 Å². The van der Waals surface area contributed by atoms with Crippen molar-refractivity contribution in [3.63, 3.8) is 0 Å². The number of hydrogen-bond acceptors (Lipinski definition) is 5. The zero-order chi connectivity index (χ0) is 16.7. The lowest BCUT2D eigenvalue weighted by Crippen LogP contribution is -2.18. The van der Waals surface area contributed by atoms with Gasteiger partial charge in [0.25, 0.3) is 0 Å². The molecule has 1 heterocycles. The van der Waals surface area contributed by atoms with E-state index in [-0.39, 0.29) is 18.8 Å². The molecule has 0 aliphatic rings. The molecule has 0 spiro atoms. The highest BCUT2D eigenvalue weighted by Gasteiger charge is 2.21. The van der Waals surface area contributed by atoms with E-state index < -0.39 is 11.9 Å². The number of H-pyrrole nitrogens is 1. The molecule has 0 bridgehead atoms. The Morgan fingerprint density at radius 3 is 2.26 bits per heavy atom. The third kappa shape index (κ3) is 4.29. The summed E-state index contributed by atoms with van der Waals surface area (Å²) in [6, 6.07) is 9.52. The van der Waals surface area contributed by atoms with Gasteiger partial charge in [-0.15, -0.1) is 0 Å². The Bertz CT molecular complexity index is 684. The number of aromatic amines is 1. The van der Waals surface area contributed by atoms with E-state index in [0.29, 0.717) is 11.5 Å². The summed E-state index contributed by atoms with van der Waals surface area (Å²) in [5, 5.41) is 0. The summed E-state index contributed by atoms with van der Waals surface area (Å²) in [4.78, 5) is 31.1. The van der Waals surface area contributed by atoms with Crippen LogP contribution in [0.1, 0.15) is 19.5 Å². The van der Waals surface area contributed by atoms with E-state index >= 15 is 0 Å². The predicted molar refractivity (Wildman–Crippen MR) is 85.3 cm³/mol. The zero-order valence-corrected chi connectivity index (χ0v) is 13.0. The zero-order valence-electron chi connectivity index (χ0n) is 13.0. The van der Waals surface area contributed by atoms with Crippen LogP contribution in [0.15, 0.2) is 42.1 Å². The standard InChI is InChI=1S/C17H18N2O4/c1-3-22-16(20)14(17(21)23-4-2)10-13-11-18-15(19-13)12-8-6-5-7-9-12/h5-11H,3-4H2,1-2H3,(H,18,19). The lowest BCUT2D eigenvalue weighted by molar-refractivity contribution is -0.146. The summed E-state index contributed by atoms with van der Waals surface area (Å²) < 4.78 is 9.79. The Morgan fingerprint density at radius 2 is 1.70 bits per heavy atom. The number of carbonyl (C=O) groups is 2. The molecule has 0 radical (unpaired) electrons. The van der Waals surface area contributed by atoms with Crippen LogP contribution in [0.5, 0.6) is 0 Å². The van der Waals surface area contributed by atoms with E-state index in [0.717, 1.165) is 5.56 Å². The maximum atomic E-state index is 11.9. The van der Waals surface area contributed by atoms with Crippen LogP contribution < -0.4 is 0 Å². The Hall–Kier alpha value is -2.89. The number of carbonyl (C=O) groups excluding carboxylic acids is 2. The van der Waals surface area contributed by atoms with Crippen LogP contribution in [0.2, 0.25) is 0 Å². The van der Waals surface area contributed by atoms with Crippen molar-refractivity contribution >= 4 is 18.0 Å². The molecule has 0 aliphatic carbocycles. The number of nitrogens with zero attached hydrogens (tertiary/aromatic N) is 1. The van der Waals surface area contributed by atoms with Crippen molar-refractivity contribution in [3.05, 3.63) is 47.8 Å². The molecule has 6 heteroatoms. The summed E-state index contributed by atoms with van der Waals surface area (Å²) in [5.74, 6) is -0.799. The SMILES string of the molecule is CCOC(=O)C(=Cc1cnc(-c2ccccc2)[nH]1)C(=O)OCC. The number of ether oxygens (including phenoxy) is 2. The molecule has 6 nitrogen and oxygen atoms in total. The number of hydrogen-bond donors (Lipinski definition) is 1. The average molecular weight is 314 g/mol. The van der Waals surface area contributed by atoms with Gasteiger partial charge in [-0.3, -0.25) is 0 Å². The number of aromatic nitrogens is 2. The molecule has 1 aromatic heterocycles. The van der Waals surface area contributed by atoms with Crippen molar-refractivity contribution in [3.8, 4) is 11.4 Å². The third-order valence-electron chi connectivity index (χ3n) is 2.93. The van der Waals surface area contributed by atoms with Crippen LogP contribution in [-0.4, -0.2) is 35.1 Å². The van der Waals surface area contributed by atoms with E-state index in [9.17, 15) is 9.59 Å². The monoisotopic (exact) mass is 314 g/mol. The van der Waals surface area contributed by atoms with Gasteiger partial charge in [-0.25, -0.2) is 14.6 Å². The molecule has 1 aromatic carbocycles. The first-order valence-electron chi connectivity index (χ1n) is 7.32. The van der Waals surface area contributed by atoms with Gasteiger partial charge in [0, 0.05) is 5.56 Å². The normalized spacial score (nSPS) is 10.0. The van der Waals surface area contributed by atoms with Crippen molar-refractivity contribution in [2.24, 2.45) is 0 Å². The van der Waals surface area contributed by atoms with Gasteiger partial charge in [0.2, 0.25) is 0 Å². The molecule has 2 rings (SSSR count). The smallest absolute Gasteiger partial charge is 0.345 e. The highest BCUT2D eigenvalue weighted by atomic mass is 16.6. The van der Waals surface area contributed by atoms with Crippen LogP contribution in [0.4, 0.5) is 0 Å². The number of nitrogens with one attached hydrogen (secondary N) is 1. The fourth-order valence-electron chi connectivity index (χ4n) is 1.93. The summed E-state index contributed by atoms with van der Waals surface area (Å²) >= 11 is 0. The van der Waals surface area contributed by atoms with Gasteiger partial charge in [-0.05, 0) is 19.9 Å². The fraction of sp³-hybridized carbons (Fsp3) is 0.235. The van der Waals surface area contributed by atoms with Gasteiger partial charge < -0.3 is 14.5 Å². The molecule has 0 fully saturated rings. The lowest BCUT2D eigenvalue weighted by Gasteiger charge is -2.05. The molecule has 0 aliphatic heterocycles. The largest absolute Gasteiger partial charge is 0.462 e. The van der Waals surface area contributed by atoms with Crippen molar-refractivity contribution < 1.29 is 19.1 Å². The molecular weight excluding hydrogens is 296 g/mol. The van der Waals surface area contributed by atoms with Crippen LogP contribution in [-0.2, 0) is 19.1 Å². The van der Waals surface area contributed by atoms with E-state index in [1.807, 2.05) is 30.3 Å². The summed E-state index contributed by atoms with van der Waals surface area (Å²) in [6.07, 6.45) is 2.93. The Labute approximate surface area is 134 Å². The number of imidazole rings is 1. The molecule has 120 valence electrons. The van der Waals surface area contributed by atoms with Crippen molar-refractivity contribution in [2.45, 2.75) is 13.8 Å². The first kappa shape index (κ1) is 16.5. The Balaban J connectivity index is 2.30. The second kappa shape index (κ2) is 7.93. The second-order valence-electron chi connectivity index (χ2n) is 4.55. The highest BCUT2D eigenvalue weighted by molar-refractivity contribution is 6.17. The molecule has 0 saturated carbocycles. The summed E-state index contributed by atoms with van der Waals surface area (Å²) in [5.41, 5.74) is 1.25. The molecule has 0 atom stereocenters. The minimum absolute atomic E-state index is 0.169. The second-order valence-corrected chi connectivity index (χ2v) is 4.55. The molecule has 1 N–H and O–H groups in total. The van der Waals surface area contributed by atoms with E-state index in [4.69, 9.17) is 9.47 Å². The minimum atomic E-state index is -0.721. The molecule has 2 aromatic rings. The van der Waals surface area contributed by atoms with Crippen molar-refractivity contribution in [1.29, 1.82) is 0 Å². The topological polar surface area (TPSA) is 81.3 Å². The van der Waals surface area contributed by atoms with Crippen LogP contribution in [0, 0.1) is 0 Å². The first-order valence-corrected chi connectivity index (χ1v) is 7.32. The van der Waals surface area contributed by atoms with Crippen LogP contribution >= 0.6 is 0 Å². The summed E-state index contributed by atoms with van der Waals surface area (Å²) in [7, 11) is 0. The molecular formula is C17H18N2O4. The number of benzene rings is 1. The van der Waals surface area contributed by atoms with Crippen molar-refractivity contribution in [2.75, 3.05) is 13.2 Å². The Morgan fingerprint density at radius 1 is 1.09 bits per heavy atom. The maximum absolute atomic E-state index is 11.9. The van der Waals surface area contributed by atoms with Gasteiger partial charge >= 0.3 is 11.9 Å². The van der Waals surface area contributed by atoms with Gasteiger partial charge in [0.1, 0.15) is 11.4 Å². The molecule has 23 heavy (non-hydrogen) atoms. The lowest BCUT2D eigenvalue weighted by atomic mass is 10.2. The van der Waals surface area contributed by atoms with Gasteiger partial charge in [0.15, 0.2) is 0 Å². The van der Waals surface area contributed by atoms with Crippen molar-refractivity contribution in [1.82, 2.24) is 9.97 Å². The first-order chi connectivity index (χ1) is 11.2. The number of esters is 2. The highest BCUT2D eigenvalue weighted by Crippen LogP contribution is 2.16. The molecule has 0 amide bonds. The van der Waals surface area contributed by atoms with E-state index in [1.165, 1.54) is 6.08 Å². The third-order valence-corrected chi connectivity index (χ3v) is 2.93. The average Bonchev–Trinajstić information content (AvgIpc) is 3.02. The minimum Gasteiger partial charge on any atom is -0.462 e. The molecule has 0 unspecified atom stereocenters. The van der Waals surface area contributed by atoms with Gasteiger partial charge in [-0.2, -0.15) is 0 Å². The van der Waals surface area contributed by atoms with Gasteiger partial charge in [0.05, 0.1) is 25.1 Å². The summed E-state index contributed by atoms with van der Waals surface area (Å²) in [6.45, 7) is 3.69. The number of rotatable bonds is 6. The maximum Gasteiger partial charge on any atom is 0.345 e. The van der Waals surface area contributed by atoms with Gasteiger partial charge in [-0.1, -0.05) is 30.3 Å².